The average molecular weight is 326 g/mol. The molecule has 126 valence electrons. The van der Waals surface area contributed by atoms with Crippen LogP contribution in [0.1, 0.15) is 33.6 Å². The summed E-state index contributed by atoms with van der Waals surface area (Å²) in [5.74, 6) is -0.326. The molecule has 24 heavy (non-hydrogen) atoms. The average Bonchev–Trinajstić information content (AvgIpc) is 3.06. The number of aromatic nitrogens is 2. The molecular formula is C18H22N4O2. The van der Waals surface area contributed by atoms with Crippen LogP contribution in [0, 0.1) is 20.8 Å². The Labute approximate surface area is 141 Å². The van der Waals surface area contributed by atoms with Crippen molar-refractivity contribution in [1.29, 1.82) is 0 Å². The highest BCUT2D eigenvalue weighted by Gasteiger charge is 2.35. The first-order valence-corrected chi connectivity index (χ1v) is 8.06. The van der Waals surface area contributed by atoms with E-state index >= 15 is 0 Å². The van der Waals surface area contributed by atoms with E-state index in [1.165, 1.54) is 10.2 Å². The van der Waals surface area contributed by atoms with E-state index in [9.17, 15) is 9.59 Å². The van der Waals surface area contributed by atoms with E-state index in [0.29, 0.717) is 18.7 Å². The van der Waals surface area contributed by atoms with Gasteiger partial charge in [-0.25, -0.2) is 0 Å². The fraction of sp³-hybridized carbons (Fsp3) is 0.389. The fourth-order valence-electron chi connectivity index (χ4n) is 3.46. The molecule has 1 N–H and O–H groups in total. The Morgan fingerprint density at radius 1 is 1.25 bits per heavy atom. The Morgan fingerprint density at radius 2 is 1.92 bits per heavy atom. The summed E-state index contributed by atoms with van der Waals surface area (Å²) in [4.78, 5) is 26.9. The van der Waals surface area contributed by atoms with Gasteiger partial charge in [-0.1, -0.05) is 17.7 Å². The third-order valence-corrected chi connectivity index (χ3v) is 4.47. The molecule has 2 amide bonds. The monoisotopic (exact) mass is 326 g/mol. The van der Waals surface area contributed by atoms with Crippen LogP contribution in [0.2, 0.25) is 0 Å². The van der Waals surface area contributed by atoms with E-state index in [0.717, 1.165) is 16.8 Å². The van der Waals surface area contributed by atoms with E-state index in [4.69, 9.17) is 0 Å². The zero-order valence-corrected chi connectivity index (χ0v) is 14.5. The minimum absolute atomic E-state index is 0.0550. The van der Waals surface area contributed by atoms with Gasteiger partial charge in [0.15, 0.2) is 0 Å². The number of amides is 2. The summed E-state index contributed by atoms with van der Waals surface area (Å²) in [5.41, 5.74) is 4.76. The molecule has 1 aromatic carbocycles. The number of nitrogens with zero attached hydrogens (tertiary/aromatic N) is 3. The minimum Gasteiger partial charge on any atom is -0.339 e. The van der Waals surface area contributed by atoms with Crippen LogP contribution in [0.5, 0.6) is 0 Å². The maximum atomic E-state index is 12.8. The Hall–Kier alpha value is -2.63. The highest BCUT2D eigenvalue weighted by Crippen LogP contribution is 2.30. The second kappa shape index (κ2) is 6.11. The number of aryl methyl sites for hydroxylation is 4. The molecule has 0 radical (unpaired) electrons. The third-order valence-electron chi connectivity index (χ3n) is 4.47. The molecule has 0 aliphatic carbocycles. The van der Waals surface area contributed by atoms with E-state index in [2.05, 4.69) is 22.5 Å². The van der Waals surface area contributed by atoms with E-state index < -0.39 is 6.04 Å². The number of rotatable bonds is 3. The summed E-state index contributed by atoms with van der Waals surface area (Å²) in [6.07, 6.45) is 2.17. The van der Waals surface area contributed by atoms with Crippen LogP contribution in [-0.4, -0.2) is 34.2 Å². The highest BCUT2D eigenvalue weighted by atomic mass is 16.2. The Balaban J connectivity index is 1.79. The Bertz CT molecular complexity index is 786. The standard InChI is InChI=1S/C18H22N4O2/c1-11-9-12(2)16(13(3)10-11)22-8-6-14(18(22)24)20-17(23)15-5-7-19-21(15)4/h5,7,9-10,14H,6,8H2,1-4H3,(H,20,23). The van der Waals surface area contributed by atoms with Gasteiger partial charge in [0.1, 0.15) is 11.7 Å². The molecule has 1 atom stereocenters. The lowest BCUT2D eigenvalue weighted by Gasteiger charge is -2.22. The van der Waals surface area contributed by atoms with Gasteiger partial charge in [-0.3, -0.25) is 14.3 Å². The predicted octanol–water partition coefficient (Wildman–Crippen LogP) is 1.88. The fourth-order valence-corrected chi connectivity index (χ4v) is 3.46. The number of hydrogen-bond acceptors (Lipinski definition) is 3. The number of carbonyl (C=O) groups excluding carboxylic acids is 2. The summed E-state index contributed by atoms with van der Waals surface area (Å²) < 4.78 is 1.50. The lowest BCUT2D eigenvalue weighted by Crippen LogP contribution is -2.42. The van der Waals surface area contributed by atoms with Gasteiger partial charge in [0.05, 0.1) is 0 Å². The van der Waals surface area contributed by atoms with Crippen molar-refractivity contribution in [3.8, 4) is 0 Å². The van der Waals surface area contributed by atoms with Crippen LogP contribution in [0.25, 0.3) is 0 Å². The number of anilines is 1. The van der Waals surface area contributed by atoms with Crippen molar-refractivity contribution in [2.75, 3.05) is 11.4 Å². The van der Waals surface area contributed by atoms with Crippen molar-refractivity contribution in [3.05, 3.63) is 46.8 Å². The smallest absolute Gasteiger partial charge is 0.270 e. The van der Waals surface area contributed by atoms with Crippen molar-refractivity contribution < 1.29 is 9.59 Å². The first-order valence-electron chi connectivity index (χ1n) is 8.06. The quantitative estimate of drug-likeness (QED) is 0.936. The molecule has 0 spiro atoms. The Morgan fingerprint density at radius 3 is 2.50 bits per heavy atom. The highest BCUT2D eigenvalue weighted by molar-refractivity contribution is 6.04. The Kier molecular flexibility index (Phi) is 4.13. The van der Waals surface area contributed by atoms with Gasteiger partial charge in [-0.05, 0) is 44.4 Å². The zero-order chi connectivity index (χ0) is 17.4. The van der Waals surface area contributed by atoms with Crippen molar-refractivity contribution >= 4 is 17.5 Å². The number of nitrogens with one attached hydrogen (secondary N) is 1. The topological polar surface area (TPSA) is 67.2 Å². The summed E-state index contributed by atoms with van der Waals surface area (Å²) in [7, 11) is 1.71. The maximum absolute atomic E-state index is 12.8. The van der Waals surface area contributed by atoms with Gasteiger partial charge in [0.25, 0.3) is 5.91 Å². The van der Waals surface area contributed by atoms with Crippen LogP contribution < -0.4 is 10.2 Å². The molecule has 2 aromatic rings. The second-order valence-corrected chi connectivity index (χ2v) is 6.39. The molecule has 1 saturated heterocycles. The summed E-state index contributed by atoms with van der Waals surface area (Å²) >= 11 is 0. The summed E-state index contributed by atoms with van der Waals surface area (Å²) in [6, 6.07) is 5.31. The van der Waals surface area contributed by atoms with Gasteiger partial charge >= 0.3 is 0 Å². The van der Waals surface area contributed by atoms with Crippen molar-refractivity contribution in [1.82, 2.24) is 15.1 Å². The third kappa shape index (κ3) is 2.79. The molecule has 2 heterocycles. The maximum Gasteiger partial charge on any atom is 0.270 e. The van der Waals surface area contributed by atoms with Gasteiger partial charge in [-0.15, -0.1) is 0 Å². The number of hydrogen-bond donors (Lipinski definition) is 1. The predicted molar refractivity (Wildman–Crippen MR) is 92.1 cm³/mol. The molecule has 1 aliphatic rings. The normalized spacial score (nSPS) is 17.4. The molecule has 1 aliphatic heterocycles. The molecule has 1 aromatic heterocycles. The lowest BCUT2D eigenvalue weighted by atomic mass is 10.0. The van der Waals surface area contributed by atoms with Crippen LogP contribution in [0.4, 0.5) is 5.69 Å². The van der Waals surface area contributed by atoms with Crippen molar-refractivity contribution in [3.63, 3.8) is 0 Å². The molecule has 1 unspecified atom stereocenters. The van der Waals surface area contributed by atoms with Crippen LogP contribution in [0.15, 0.2) is 24.4 Å². The van der Waals surface area contributed by atoms with Gasteiger partial charge < -0.3 is 10.2 Å². The lowest BCUT2D eigenvalue weighted by molar-refractivity contribution is -0.118. The van der Waals surface area contributed by atoms with Crippen LogP contribution in [-0.2, 0) is 11.8 Å². The largest absolute Gasteiger partial charge is 0.339 e. The van der Waals surface area contributed by atoms with Crippen LogP contribution >= 0.6 is 0 Å². The van der Waals surface area contributed by atoms with Gasteiger partial charge in [-0.2, -0.15) is 5.10 Å². The first kappa shape index (κ1) is 16.2. The molecule has 6 nitrogen and oxygen atoms in total. The number of carbonyl (C=O) groups is 2. The van der Waals surface area contributed by atoms with E-state index in [1.807, 2.05) is 20.8 Å². The molecule has 3 rings (SSSR count). The van der Waals surface area contributed by atoms with Gasteiger partial charge in [0, 0.05) is 25.5 Å². The van der Waals surface area contributed by atoms with E-state index in [-0.39, 0.29) is 11.8 Å². The summed E-state index contributed by atoms with van der Waals surface area (Å²) in [6.45, 7) is 6.70. The SMILES string of the molecule is Cc1cc(C)c(N2CCC(NC(=O)c3ccnn3C)C2=O)c(C)c1. The van der Waals surface area contributed by atoms with Gasteiger partial charge in [0.2, 0.25) is 5.91 Å². The minimum atomic E-state index is -0.493. The summed E-state index contributed by atoms with van der Waals surface area (Å²) in [5, 5.41) is 6.82. The van der Waals surface area contributed by atoms with Crippen molar-refractivity contribution in [2.45, 2.75) is 33.2 Å². The molecule has 1 fully saturated rings. The zero-order valence-electron chi connectivity index (χ0n) is 14.5. The molecule has 0 bridgehead atoms. The number of benzene rings is 1. The second-order valence-electron chi connectivity index (χ2n) is 6.39. The van der Waals surface area contributed by atoms with Crippen molar-refractivity contribution in [2.24, 2.45) is 7.05 Å². The van der Waals surface area contributed by atoms with Crippen LogP contribution in [0.3, 0.4) is 0 Å². The molecule has 0 saturated carbocycles. The van der Waals surface area contributed by atoms with E-state index in [1.54, 1.807) is 24.2 Å². The molecular weight excluding hydrogens is 304 g/mol. The molecule has 6 heteroatoms. The first-order chi connectivity index (χ1) is 11.4.